The van der Waals surface area contributed by atoms with Gasteiger partial charge in [0.25, 0.3) is 5.87 Å². The molecule has 4 aliphatic rings. The number of rotatable bonds is 1. The summed E-state index contributed by atoms with van der Waals surface area (Å²) >= 11 is 0. The van der Waals surface area contributed by atoms with Gasteiger partial charge in [0.2, 0.25) is 0 Å². The van der Waals surface area contributed by atoms with Gasteiger partial charge < -0.3 is 33.9 Å². The minimum absolute atomic E-state index is 0.0661. The predicted molar refractivity (Wildman–Crippen MR) is 79.7 cm³/mol. The van der Waals surface area contributed by atoms with Gasteiger partial charge in [-0.3, -0.25) is 14.4 Å². The molecule has 25 heavy (non-hydrogen) atoms. The third-order valence-corrected chi connectivity index (χ3v) is 4.53. The lowest BCUT2D eigenvalue weighted by atomic mass is 9.49. The average Bonchev–Trinajstić information content (AvgIpc) is 3.14. The lowest BCUT2D eigenvalue weighted by Gasteiger charge is -2.20. The highest BCUT2D eigenvalue weighted by atomic mass is 16.7. The quantitative estimate of drug-likeness (QED) is 0.301. The minimum atomic E-state index is -2.72. The molecule has 3 N–H and O–H groups in total. The SMILES string of the molecule is C#C[B-]12OC(=O)C[C+]1CC(O)O2.O=C1C[C+]2CC(O)O[B-]2(C(=O)O)O1. The van der Waals surface area contributed by atoms with Crippen LogP contribution in [0, 0.1) is 23.9 Å². The molecule has 0 aliphatic carbocycles. The smallest absolute Gasteiger partial charge is 0.609 e. The van der Waals surface area contributed by atoms with Gasteiger partial charge >= 0.3 is 25.0 Å². The number of aliphatic hydroxyl groups excluding tert-OH is 2. The van der Waals surface area contributed by atoms with E-state index in [-0.39, 0.29) is 25.2 Å². The molecule has 0 bridgehead atoms. The summed E-state index contributed by atoms with van der Waals surface area (Å²) in [5, 5.41) is 27.0. The lowest BCUT2D eigenvalue weighted by molar-refractivity contribution is -0.136. The van der Waals surface area contributed by atoms with Crippen LogP contribution >= 0.6 is 0 Å². The zero-order valence-electron chi connectivity index (χ0n) is 12.9. The molecular weight excluding hydrogens is 338 g/mol. The zero-order valence-corrected chi connectivity index (χ0v) is 12.9. The summed E-state index contributed by atoms with van der Waals surface area (Å²) in [6.07, 6.45) is 3.60. The Bertz CT molecular complexity index is 662. The third-order valence-electron chi connectivity index (χ3n) is 4.53. The Labute approximate surface area is 142 Å². The summed E-state index contributed by atoms with van der Waals surface area (Å²) in [5.41, 5.74) is 0. The van der Waals surface area contributed by atoms with E-state index >= 15 is 0 Å². The van der Waals surface area contributed by atoms with E-state index in [0.717, 1.165) is 0 Å². The largest absolute Gasteiger partial charge is 0.616 e. The van der Waals surface area contributed by atoms with E-state index in [1.54, 1.807) is 0 Å². The lowest BCUT2D eigenvalue weighted by Crippen LogP contribution is -2.48. The van der Waals surface area contributed by atoms with E-state index in [9.17, 15) is 14.4 Å². The van der Waals surface area contributed by atoms with Gasteiger partial charge in [-0.15, -0.1) is 0 Å². The maximum Gasteiger partial charge on any atom is 0.609 e. The average molecular weight is 352 g/mol. The Hall–Kier alpha value is -2.32. The Morgan fingerprint density at radius 2 is 1.64 bits per heavy atom. The number of hydrogen-bond acceptors (Lipinski definition) is 9. The van der Waals surface area contributed by atoms with Crippen LogP contribution in [0.15, 0.2) is 0 Å². The van der Waals surface area contributed by atoms with Gasteiger partial charge in [-0.25, -0.2) is 0 Å². The Morgan fingerprint density at radius 1 is 1.08 bits per heavy atom. The third kappa shape index (κ3) is 2.81. The molecule has 4 unspecified atom stereocenters. The van der Waals surface area contributed by atoms with Gasteiger partial charge in [-0.2, -0.15) is 12.2 Å². The molecule has 4 heterocycles. The van der Waals surface area contributed by atoms with Crippen molar-refractivity contribution >= 4 is 30.9 Å². The molecule has 0 amide bonds. The summed E-state index contributed by atoms with van der Waals surface area (Å²) < 4.78 is 19.2. The molecule has 0 radical (unpaired) electrons. The number of fused-ring (bicyclic) bond motifs is 2. The fraction of sp³-hybridized carbons (Fsp3) is 0.462. The molecule has 12 heteroatoms. The predicted octanol–water partition coefficient (Wildman–Crippen LogP) is -1.11. The van der Waals surface area contributed by atoms with Gasteiger partial charge in [0, 0.05) is 5.82 Å². The molecule has 0 aromatic rings. The van der Waals surface area contributed by atoms with Crippen molar-refractivity contribution in [1.29, 1.82) is 0 Å². The first-order chi connectivity index (χ1) is 11.7. The number of carbonyl (C=O) groups is 3. The number of carbonyl (C=O) groups excluding carboxylic acids is 2. The second kappa shape index (κ2) is 5.89. The fourth-order valence-electron chi connectivity index (χ4n) is 3.42. The molecule has 4 atom stereocenters. The summed E-state index contributed by atoms with van der Waals surface area (Å²) in [6.45, 7) is -4.75. The van der Waals surface area contributed by atoms with Gasteiger partial charge in [-0.05, 0) is 5.82 Å². The van der Waals surface area contributed by atoms with Crippen molar-refractivity contribution < 1.29 is 48.3 Å². The minimum Gasteiger partial charge on any atom is -0.616 e. The van der Waals surface area contributed by atoms with Crippen LogP contribution in [0.3, 0.4) is 0 Å². The number of terminal acetylenes is 1. The van der Waals surface area contributed by atoms with E-state index in [0.29, 0.717) is 18.1 Å². The second-order valence-corrected chi connectivity index (χ2v) is 6.17. The Morgan fingerprint density at radius 3 is 2.20 bits per heavy atom. The van der Waals surface area contributed by atoms with Crippen molar-refractivity contribution in [2.45, 2.75) is 38.3 Å². The standard InChI is InChI=1S/C7H7BO4.C6H7BO6/c1-2-8-5(3-6(9)11-8)4-7(10)12-8;8-4-1-3-2-5(9)13-7(3,12-4)6(10)11/h1,6,9H,3-4H2;4,8H,1-2H2,(H,10,11). The van der Waals surface area contributed by atoms with Crippen LogP contribution in [0.4, 0.5) is 4.79 Å². The normalized spacial score (nSPS) is 38.3. The van der Waals surface area contributed by atoms with Crippen molar-refractivity contribution in [1.82, 2.24) is 0 Å². The second-order valence-electron chi connectivity index (χ2n) is 6.17. The maximum atomic E-state index is 10.8. The van der Waals surface area contributed by atoms with Crippen LogP contribution in [0.2, 0.25) is 0 Å². The van der Waals surface area contributed by atoms with Gasteiger partial charge in [0.1, 0.15) is 12.8 Å². The zero-order chi connectivity index (χ0) is 18.4. The van der Waals surface area contributed by atoms with E-state index in [4.69, 9.17) is 35.7 Å². The summed E-state index contributed by atoms with van der Waals surface area (Å²) in [4.78, 5) is 32.5. The van der Waals surface area contributed by atoms with Crippen molar-refractivity contribution in [2.24, 2.45) is 0 Å². The van der Waals surface area contributed by atoms with Crippen molar-refractivity contribution in [3.05, 3.63) is 11.6 Å². The highest BCUT2D eigenvalue weighted by Gasteiger charge is 2.68. The molecule has 4 fully saturated rings. The molecule has 0 spiro atoms. The van der Waals surface area contributed by atoms with Crippen LogP contribution < -0.4 is 0 Å². The van der Waals surface area contributed by atoms with Crippen molar-refractivity contribution in [3.8, 4) is 12.2 Å². The van der Waals surface area contributed by atoms with Crippen molar-refractivity contribution in [3.63, 3.8) is 0 Å². The van der Waals surface area contributed by atoms with E-state index in [1.165, 1.54) is 0 Å². The van der Waals surface area contributed by atoms with Crippen molar-refractivity contribution in [2.75, 3.05) is 0 Å². The number of carboxylic acid groups (broad SMARTS) is 1. The maximum absolute atomic E-state index is 10.8. The Balaban J connectivity index is 0.000000146. The molecular formula is C13H14B2O10. The highest BCUT2D eigenvalue weighted by Crippen LogP contribution is 2.42. The van der Waals surface area contributed by atoms with Gasteiger partial charge in [0.05, 0.1) is 12.8 Å². The van der Waals surface area contributed by atoms with Gasteiger partial charge in [0.15, 0.2) is 12.6 Å². The topological polar surface area (TPSA) is 149 Å². The summed E-state index contributed by atoms with van der Waals surface area (Å²) in [5.74, 6) is 1.03. The van der Waals surface area contributed by atoms with E-state index in [1.807, 2.05) is 0 Å². The summed E-state index contributed by atoms with van der Waals surface area (Å²) in [7, 11) is 0. The van der Waals surface area contributed by atoms with E-state index < -0.39 is 37.5 Å². The molecule has 132 valence electrons. The van der Waals surface area contributed by atoms with Crippen LogP contribution in [0.1, 0.15) is 25.7 Å². The van der Waals surface area contributed by atoms with Crippen LogP contribution in [0.5, 0.6) is 0 Å². The molecule has 0 aromatic carbocycles. The molecule has 0 aromatic heterocycles. The molecule has 10 nitrogen and oxygen atoms in total. The fourth-order valence-corrected chi connectivity index (χ4v) is 3.42. The monoisotopic (exact) mass is 352 g/mol. The number of hydrogen-bond donors (Lipinski definition) is 3. The first kappa shape index (κ1) is 17.5. The van der Waals surface area contributed by atoms with Gasteiger partial charge in [-0.1, -0.05) is 0 Å². The molecule has 4 aliphatic heterocycles. The van der Waals surface area contributed by atoms with Crippen LogP contribution in [-0.4, -0.2) is 58.8 Å². The van der Waals surface area contributed by atoms with Crippen LogP contribution in [0.25, 0.3) is 0 Å². The molecule has 4 rings (SSSR count). The van der Waals surface area contributed by atoms with E-state index in [2.05, 4.69) is 10.5 Å². The highest BCUT2D eigenvalue weighted by molar-refractivity contribution is 7.01. The molecule has 4 saturated heterocycles. The number of aliphatic hydroxyl groups is 2. The Kier molecular flexibility index (Phi) is 4.12. The first-order valence-corrected chi connectivity index (χ1v) is 7.56. The molecule has 0 saturated carbocycles. The van der Waals surface area contributed by atoms with Crippen LogP contribution in [-0.2, 0) is 28.2 Å². The first-order valence-electron chi connectivity index (χ1n) is 7.56. The summed E-state index contributed by atoms with van der Waals surface area (Å²) in [6, 6.07) is 0.